The second-order valence-electron chi connectivity index (χ2n) is 6.69. The highest BCUT2D eigenvalue weighted by Crippen LogP contribution is 2.25. The maximum atomic E-state index is 12.6. The van der Waals surface area contributed by atoms with E-state index in [-0.39, 0.29) is 5.91 Å². The van der Waals surface area contributed by atoms with E-state index in [0.717, 1.165) is 12.8 Å². The molecule has 0 aliphatic rings. The van der Waals surface area contributed by atoms with E-state index < -0.39 is 17.6 Å². The first-order chi connectivity index (χ1) is 12.7. The number of hydrogen-bond acceptors (Lipinski definition) is 4. The van der Waals surface area contributed by atoms with Crippen molar-refractivity contribution in [1.82, 2.24) is 5.32 Å². The third kappa shape index (κ3) is 9.16. The van der Waals surface area contributed by atoms with Crippen LogP contribution in [0, 0.1) is 0 Å². The van der Waals surface area contributed by atoms with Gasteiger partial charge in [0.05, 0.1) is 12.1 Å². The third-order valence-corrected chi connectivity index (χ3v) is 4.04. The Hall–Kier alpha value is -1.72. The summed E-state index contributed by atoms with van der Waals surface area (Å²) in [5, 5.41) is 3.71. The molecule has 7 heteroatoms. The lowest BCUT2D eigenvalue weighted by atomic mass is 10.0. The number of unbranched alkanes of at least 4 members (excludes halogenated alkanes) is 1. The number of nitrogens with one attached hydrogen (secondary N) is 1. The average molecular weight is 416 g/mol. The van der Waals surface area contributed by atoms with Crippen molar-refractivity contribution in [1.29, 1.82) is 0 Å². The summed E-state index contributed by atoms with van der Waals surface area (Å²) in [6.07, 6.45) is 4.44. The summed E-state index contributed by atoms with van der Waals surface area (Å²) in [6.45, 7) is 7.81. The van der Waals surface area contributed by atoms with Crippen LogP contribution in [0.3, 0.4) is 0 Å². The van der Waals surface area contributed by atoms with Crippen LogP contribution in [0.2, 0.25) is 10.0 Å². The minimum absolute atomic E-state index is 0.303. The van der Waals surface area contributed by atoms with Gasteiger partial charge in [0.1, 0.15) is 5.75 Å². The van der Waals surface area contributed by atoms with Gasteiger partial charge in [-0.05, 0) is 44.9 Å². The Morgan fingerprint density at radius 1 is 1.19 bits per heavy atom. The third-order valence-electron chi connectivity index (χ3n) is 3.60. The number of rotatable bonds is 10. The quantitative estimate of drug-likeness (QED) is 0.333. The van der Waals surface area contributed by atoms with E-state index in [9.17, 15) is 9.59 Å². The summed E-state index contributed by atoms with van der Waals surface area (Å²) in [7, 11) is 0. The van der Waals surface area contributed by atoms with E-state index in [2.05, 4.69) is 5.32 Å². The Bertz CT molecular complexity index is 654. The van der Waals surface area contributed by atoms with E-state index in [0.29, 0.717) is 28.8 Å². The SMILES string of the molecule is CCCCOC(=O)/C=C/C(C)(C)NC(=O)[C@H](CC)Oc1cc(Cl)cc(Cl)c1. The number of amides is 1. The smallest absolute Gasteiger partial charge is 0.330 e. The van der Waals surface area contributed by atoms with E-state index in [1.54, 1.807) is 38.1 Å². The van der Waals surface area contributed by atoms with E-state index in [1.165, 1.54) is 6.08 Å². The number of carbonyl (C=O) groups excluding carboxylic acids is 2. The summed E-state index contributed by atoms with van der Waals surface area (Å²) in [5.41, 5.74) is -0.746. The number of esters is 1. The minimum Gasteiger partial charge on any atom is -0.481 e. The first kappa shape index (κ1) is 23.3. The molecule has 0 heterocycles. The molecule has 0 saturated carbocycles. The largest absolute Gasteiger partial charge is 0.481 e. The Morgan fingerprint density at radius 2 is 1.81 bits per heavy atom. The van der Waals surface area contributed by atoms with Gasteiger partial charge in [0.2, 0.25) is 0 Å². The van der Waals surface area contributed by atoms with E-state index in [4.69, 9.17) is 32.7 Å². The highest BCUT2D eigenvalue weighted by atomic mass is 35.5. The van der Waals surface area contributed by atoms with Crippen LogP contribution in [0.1, 0.15) is 47.0 Å². The lowest BCUT2D eigenvalue weighted by Crippen LogP contribution is -2.48. The Morgan fingerprint density at radius 3 is 2.37 bits per heavy atom. The van der Waals surface area contributed by atoms with E-state index in [1.807, 2.05) is 13.8 Å². The number of ether oxygens (including phenoxy) is 2. The van der Waals surface area contributed by atoms with Gasteiger partial charge in [-0.2, -0.15) is 0 Å². The number of carbonyl (C=O) groups is 2. The van der Waals surface area contributed by atoms with Crippen molar-refractivity contribution in [2.45, 2.75) is 58.6 Å². The monoisotopic (exact) mass is 415 g/mol. The highest BCUT2D eigenvalue weighted by Gasteiger charge is 2.25. The molecule has 0 aromatic heterocycles. The molecule has 1 atom stereocenters. The van der Waals surface area contributed by atoms with Crippen molar-refractivity contribution in [3.8, 4) is 5.75 Å². The molecule has 0 radical (unpaired) electrons. The Balaban J connectivity index is 2.68. The van der Waals surface area contributed by atoms with Gasteiger partial charge in [0, 0.05) is 16.1 Å². The van der Waals surface area contributed by atoms with Crippen LogP contribution in [0.5, 0.6) is 5.75 Å². The normalized spacial score (nSPS) is 12.7. The Kier molecular flexibility index (Phi) is 9.67. The Labute approximate surface area is 171 Å². The molecule has 0 saturated heterocycles. The standard InChI is InChI=1S/C20H27Cl2NO4/c1-5-7-10-26-18(24)8-9-20(3,4)23-19(25)17(6-2)27-16-12-14(21)11-15(22)13-16/h8-9,11-13,17H,5-7,10H2,1-4H3,(H,23,25)/b9-8+/t17-/m0/s1. The molecule has 0 spiro atoms. The molecule has 150 valence electrons. The summed E-state index contributed by atoms with van der Waals surface area (Å²) >= 11 is 11.9. The summed E-state index contributed by atoms with van der Waals surface area (Å²) < 4.78 is 10.8. The van der Waals surface area contributed by atoms with Crippen LogP contribution in [-0.4, -0.2) is 30.1 Å². The molecular weight excluding hydrogens is 389 g/mol. The second kappa shape index (κ2) is 11.2. The molecule has 0 fully saturated rings. The molecule has 0 aliphatic carbocycles. The molecule has 0 bridgehead atoms. The summed E-state index contributed by atoms with van der Waals surface area (Å²) in [4.78, 5) is 24.2. The van der Waals surface area contributed by atoms with Crippen molar-refractivity contribution in [2.24, 2.45) is 0 Å². The lowest BCUT2D eigenvalue weighted by Gasteiger charge is -2.26. The fourth-order valence-electron chi connectivity index (χ4n) is 2.16. The van der Waals surface area contributed by atoms with Gasteiger partial charge >= 0.3 is 5.97 Å². The molecule has 27 heavy (non-hydrogen) atoms. The first-order valence-electron chi connectivity index (χ1n) is 8.97. The van der Waals surface area contributed by atoms with Gasteiger partial charge in [-0.3, -0.25) is 4.79 Å². The average Bonchev–Trinajstić information content (AvgIpc) is 2.57. The van der Waals surface area contributed by atoms with Gasteiger partial charge in [-0.15, -0.1) is 0 Å². The maximum Gasteiger partial charge on any atom is 0.330 e. The van der Waals surface area contributed by atoms with Crippen LogP contribution in [-0.2, 0) is 14.3 Å². The fourth-order valence-corrected chi connectivity index (χ4v) is 2.67. The summed E-state index contributed by atoms with van der Waals surface area (Å²) in [5.74, 6) is -0.312. The van der Waals surface area contributed by atoms with Gasteiger partial charge in [-0.1, -0.05) is 49.5 Å². The number of halogens is 2. The molecule has 1 rings (SSSR count). The number of benzene rings is 1. The zero-order chi connectivity index (χ0) is 20.4. The predicted octanol–water partition coefficient (Wildman–Crippen LogP) is 4.95. The molecule has 1 N–H and O–H groups in total. The fraction of sp³-hybridized carbons (Fsp3) is 0.500. The van der Waals surface area contributed by atoms with Crippen LogP contribution in [0.25, 0.3) is 0 Å². The number of hydrogen-bond donors (Lipinski definition) is 1. The van der Waals surface area contributed by atoms with Crippen molar-refractivity contribution >= 4 is 35.1 Å². The second-order valence-corrected chi connectivity index (χ2v) is 7.56. The topological polar surface area (TPSA) is 64.6 Å². The zero-order valence-electron chi connectivity index (χ0n) is 16.2. The van der Waals surface area contributed by atoms with Gasteiger partial charge in [0.15, 0.2) is 6.10 Å². The van der Waals surface area contributed by atoms with Crippen LogP contribution in [0.4, 0.5) is 0 Å². The minimum atomic E-state index is -0.746. The first-order valence-corrected chi connectivity index (χ1v) is 9.73. The van der Waals surface area contributed by atoms with Crippen LogP contribution in [0.15, 0.2) is 30.4 Å². The lowest BCUT2D eigenvalue weighted by molar-refractivity contribution is -0.138. The molecular formula is C20H27Cl2NO4. The highest BCUT2D eigenvalue weighted by molar-refractivity contribution is 6.34. The molecule has 1 amide bonds. The maximum absolute atomic E-state index is 12.6. The van der Waals surface area contributed by atoms with Gasteiger partial charge in [0.25, 0.3) is 5.91 Å². The molecule has 1 aromatic carbocycles. The van der Waals surface area contributed by atoms with Crippen LogP contribution < -0.4 is 10.1 Å². The zero-order valence-corrected chi connectivity index (χ0v) is 17.7. The van der Waals surface area contributed by atoms with Crippen LogP contribution >= 0.6 is 23.2 Å². The predicted molar refractivity (Wildman–Crippen MR) is 108 cm³/mol. The van der Waals surface area contributed by atoms with Crippen molar-refractivity contribution in [3.63, 3.8) is 0 Å². The van der Waals surface area contributed by atoms with Crippen molar-refractivity contribution in [2.75, 3.05) is 6.61 Å². The summed E-state index contributed by atoms with van der Waals surface area (Å²) in [6, 6.07) is 4.78. The van der Waals surface area contributed by atoms with E-state index >= 15 is 0 Å². The molecule has 5 nitrogen and oxygen atoms in total. The van der Waals surface area contributed by atoms with Gasteiger partial charge in [-0.25, -0.2) is 4.79 Å². The molecule has 1 aromatic rings. The van der Waals surface area contributed by atoms with Crippen molar-refractivity contribution < 1.29 is 19.1 Å². The van der Waals surface area contributed by atoms with Gasteiger partial charge < -0.3 is 14.8 Å². The van der Waals surface area contributed by atoms with Crippen molar-refractivity contribution in [3.05, 3.63) is 40.4 Å². The molecule has 0 unspecified atom stereocenters. The molecule has 0 aliphatic heterocycles.